The molecule has 0 saturated carbocycles. The fourth-order valence-electron chi connectivity index (χ4n) is 1.28. The molecule has 0 unspecified atom stereocenters. The van der Waals surface area contributed by atoms with Crippen LogP contribution in [0.1, 0.15) is 18.3 Å². The molecule has 0 aromatic carbocycles. The summed E-state index contributed by atoms with van der Waals surface area (Å²) in [6, 6.07) is 0. The molecule has 0 saturated heterocycles. The summed E-state index contributed by atoms with van der Waals surface area (Å²) < 4.78 is 13.7. The normalized spacial score (nSPS) is 10.4. The van der Waals surface area contributed by atoms with Gasteiger partial charge in [-0.1, -0.05) is 6.92 Å². The molecule has 0 aliphatic heterocycles. The highest BCUT2D eigenvalue weighted by atomic mass is 32.1. The number of hydrogen-bond acceptors (Lipinski definition) is 5. The number of aromatic nitrogens is 3. The first-order valence-corrected chi connectivity index (χ1v) is 5.86. The van der Waals surface area contributed by atoms with Gasteiger partial charge in [-0.05, 0) is 6.42 Å². The first-order chi connectivity index (χ1) is 7.81. The Balaban J connectivity index is 2.09. The zero-order valence-corrected chi connectivity index (χ0v) is 9.59. The Morgan fingerprint density at radius 3 is 2.94 bits per heavy atom. The van der Waals surface area contributed by atoms with Crippen molar-refractivity contribution >= 4 is 17.2 Å². The summed E-state index contributed by atoms with van der Waals surface area (Å²) in [5.74, 6) is -0.139. The SMILES string of the molecule is CCc1ncnc(NCc2cscn2)c1F. The number of aryl methyl sites for hydroxylation is 1. The van der Waals surface area contributed by atoms with Crippen LogP contribution in [0.2, 0.25) is 0 Å². The van der Waals surface area contributed by atoms with Gasteiger partial charge in [0.25, 0.3) is 0 Å². The molecule has 16 heavy (non-hydrogen) atoms. The first-order valence-electron chi connectivity index (χ1n) is 4.91. The fourth-order valence-corrected chi connectivity index (χ4v) is 1.83. The fraction of sp³-hybridized carbons (Fsp3) is 0.300. The smallest absolute Gasteiger partial charge is 0.186 e. The topological polar surface area (TPSA) is 50.7 Å². The summed E-state index contributed by atoms with van der Waals surface area (Å²) in [5.41, 5.74) is 3.04. The van der Waals surface area contributed by atoms with Crippen molar-refractivity contribution in [1.82, 2.24) is 15.0 Å². The van der Waals surface area contributed by atoms with Crippen LogP contribution in [0, 0.1) is 5.82 Å². The summed E-state index contributed by atoms with van der Waals surface area (Å²) in [4.78, 5) is 11.8. The summed E-state index contributed by atoms with van der Waals surface area (Å²) >= 11 is 1.51. The number of rotatable bonds is 4. The lowest BCUT2D eigenvalue weighted by molar-refractivity contribution is 0.596. The van der Waals surface area contributed by atoms with E-state index in [0.717, 1.165) is 5.69 Å². The molecule has 84 valence electrons. The first kappa shape index (κ1) is 10.9. The van der Waals surface area contributed by atoms with Crippen molar-refractivity contribution in [1.29, 1.82) is 0 Å². The van der Waals surface area contributed by atoms with Crippen LogP contribution in [0.25, 0.3) is 0 Å². The standard InChI is InChI=1S/C10H11FN4S/c1-2-8-9(11)10(14-5-13-8)12-3-7-4-16-6-15-7/h4-6H,2-3H2,1H3,(H,12,13,14). The highest BCUT2D eigenvalue weighted by Gasteiger charge is 2.09. The molecule has 0 aliphatic rings. The van der Waals surface area contributed by atoms with Crippen LogP contribution in [-0.2, 0) is 13.0 Å². The summed E-state index contributed by atoms with van der Waals surface area (Å²) in [6.07, 6.45) is 1.92. The Labute approximate surface area is 96.6 Å². The van der Waals surface area contributed by atoms with E-state index in [9.17, 15) is 4.39 Å². The highest BCUT2D eigenvalue weighted by Crippen LogP contribution is 2.14. The van der Waals surface area contributed by atoms with Crippen LogP contribution in [-0.4, -0.2) is 15.0 Å². The molecular weight excluding hydrogens is 227 g/mol. The molecule has 0 radical (unpaired) electrons. The number of nitrogens with zero attached hydrogens (tertiary/aromatic N) is 3. The minimum absolute atomic E-state index is 0.236. The number of nitrogens with one attached hydrogen (secondary N) is 1. The second kappa shape index (κ2) is 4.98. The molecule has 2 aromatic rings. The molecule has 0 aliphatic carbocycles. The second-order valence-electron chi connectivity index (χ2n) is 3.17. The molecule has 2 rings (SSSR count). The molecule has 2 aromatic heterocycles. The third-order valence-electron chi connectivity index (χ3n) is 2.12. The maximum Gasteiger partial charge on any atom is 0.186 e. The third-order valence-corrected chi connectivity index (χ3v) is 2.75. The maximum absolute atomic E-state index is 13.7. The van der Waals surface area contributed by atoms with Crippen LogP contribution in [0.4, 0.5) is 10.2 Å². The van der Waals surface area contributed by atoms with E-state index in [4.69, 9.17) is 0 Å². The monoisotopic (exact) mass is 238 g/mol. The summed E-state index contributed by atoms with van der Waals surface area (Å²) in [7, 11) is 0. The van der Waals surface area contributed by atoms with Gasteiger partial charge >= 0.3 is 0 Å². The average Bonchev–Trinajstić information content (AvgIpc) is 2.81. The summed E-state index contributed by atoms with van der Waals surface area (Å²) in [5, 5.41) is 4.82. The quantitative estimate of drug-likeness (QED) is 0.887. The van der Waals surface area contributed by atoms with Gasteiger partial charge < -0.3 is 5.32 Å². The number of thiazole rings is 1. The summed E-state index contributed by atoms with van der Waals surface area (Å²) in [6.45, 7) is 2.33. The molecule has 0 fully saturated rings. The predicted octanol–water partition coefficient (Wildman–Crippen LogP) is 2.25. The Morgan fingerprint density at radius 1 is 1.38 bits per heavy atom. The number of halogens is 1. The predicted molar refractivity (Wildman–Crippen MR) is 60.8 cm³/mol. The number of anilines is 1. The molecule has 6 heteroatoms. The van der Waals surface area contributed by atoms with Gasteiger partial charge in [-0.3, -0.25) is 0 Å². The van der Waals surface area contributed by atoms with Gasteiger partial charge in [0.1, 0.15) is 6.33 Å². The Hall–Kier alpha value is -1.56. The van der Waals surface area contributed by atoms with E-state index in [1.807, 2.05) is 12.3 Å². The van der Waals surface area contributed by atoms with E-state index < -0.39 is 0 Å². The molecule has 0 atom stereocenters. The van der Waals surface area contributed by atoms with E-state index in [0.29, 0.717) is 18.7 Å². The van der Waals surface area contributed by atoms with E-state index >= 15 is 0 Å². The molecular formula is C10H11FN4S. The molecule has 1 N–H and O–H groups in total. The Morgan fingerprint density at radius 2 is 2.25 bits per heavy atom. The average molecular weight is 238 g/mol. The zero-order valence-electron chi connectivity index (χ0n) is 8.77. The molecule has 0 bridgehead atoms. The van der Waals surface area contributed by atoms with Gasteiger partial charge in [-0.2, -0.15) is 0 Å². The lowest BCUT2D eigenvalue weighted by atomic mass is 10.3. The van der Waals surface area contributed by atoms with Crippen molar-refractivity contribution in [3.8, 4) is 0 Å². The van der Waals surface area contributed by atoms with E-state index in [1.54, 1.807) is 5.51 Å². The van der Waals surface area contributed by atoms with Crippen molar-refractivity contribution in [2.45, 2.75) is 19.9 Å². The van der Waals surface area contributed by atoms with Crippen molar-refractivity contribution in [3.63, 3.8) is 0 Å². The van der Waals surface area contributed by atoms with Gasteiger partial charge in [-0.15, -0.1) is 11.3 Å². The lowest BCUT2D eigenvalue weighted by Gasteiger charge is -2.06. The Bertz CT molecular complexity index is 458. The van der Waals surface area contributed by atoms with Crippen LogP contribution in [0.3, 0.4) is 0 Å². The van der Waals surface area contributed by atoms with Gasteiger partial charge in [0.2, 0.25) is 0 Å². The highest BCUT2D eigenvalue weighted by molar-refractivity contribution is 7.07. The van der Waals surface area contributed by atoms with Gasteiger partial charge in [0, 0.05) is 5.38 Å². The molecule has 0 amide bonds. The van der Waals surface area contributed by atoms with Crippen molar-refractivity contribution < 1.29 is 4.39 Å². The minimum atomic E-state index is -0.375. The molecule has 0 spiro atoms. The van der Waals surface area contributed by atoms with Gasteiger partial charge in [-0.25, -0.2) is 19.3 Å². The van der Waals surface area contributed by atoms with E-state index in [1.165, 1.54) is 17.7 Å². The lowest BCUT2D eigenvalue weighted by Crippen LogP contribution is -2.06. The zero-order chi connectivity index (χ0) is 11.4. The van der Waals surface area contributed by atoms with Crippen LogP contribution >= 0.6 is 11.3 Å². The Kier molecular flexibility index (Phi) is 3.40. The van der Waals surface area contributed by atoms with Gasteiger partial charge in [0.05, 0.1) is 23.4 Å². The van der Waals surface area contributed by atoms with Crippen molar-refractivity contribution in [3.05, 3.63) is 34.4 Å². The largest absolute Gasteiger partial charge is 0.362 e. The molecule has 2 heterocycles. The van der Waals surface area contributed by atoms with Crippen LogP contribution in [0.15, 0.2) is 17.2 Å². The minimum Gasteiger partial charge on any atom is -0.362 e. The number of hydrogen-bond donors (Lipinski definition) is 1. The third kappa shape index (κ3) is 2.33. The van der Waals surface area contributed by atoms with Gasteiger partial charge in [0.15, 0.2) is 11.6 Å². The van der Waals surface area contributed by atoms with Crippen molar-refractivity contribution in [2.24, 2.45) is 0 Å². The maximum atomic E-state index is 13.7. The van der Waals surface area contributed by atoms with E-state index in [-0.39, 0.29) is 11.6 Å². The molecule has 4 nitrogen and oxygen atoms in total. The van der Waals surface area contributed by atoms with Crippen LogP contribution in [0.5, 0.6) is 0 Å². The van der Waals surface area contributed by atoms with Crippen molar-refractivity contribution in [2.75, 3.05) is 5.32 Å². The van der Waals surface area contributed by atoms with Crippen LogP contribution < -0.4 is 5.32 Å². The van der Waals surface area contributed by atoms with E-state index in [2.05, 4.69) is 20.3 Å². The second-order valence-corrected chi connectivity index (χ2v) is 3.89.